The van der Waals surface area contributed by atoms with Gasteiger partial charge in [-0.05, 0) is 49.4 Å². The second kappa shape index (κ2) is 9.63. The van der Waals surface area contributed by atoms with Crippen molar-refractivity contribution in [2.75, 3.05) is 18.6 Å². The molecule has 0 saturated heterocycles. The number of anilines is 1. The van der Waals surface area contributed by atoms with Gasteiger partial charge in [0.15, 0.2) is 0 Å². The van der Waals surface area contributed by atoms with Crippen molar-refractivity contribution in [1.29, 1.82) is 0 Å². The molecule has 0 spiro atoms. The van der Waals surface area contributed by atoms with Crippen LogP contribution in [-0.2, 0) is 11.5 Å². The molecule has 1 aliphatic carbocycles. The average molecular weight is 431 g/mol. The molecule has 27 heavy (non-hydrogen) atoms. The zero-order valence-electron chi connectivity index (χ0n) is 16.4. The summed E-state index contributed by atoms with van der Waals surface area (Å²) in [6, 6.07) is 3.69. The van der Waals surface area contributed by atoms with E-state index in [1.807, 2.05) is 10.8 Å². The maximum absolute atomic E-state index is 6.22. The molecule has 1 saturated carbocycles. The molecule has 0 aromatic carbocycles. The van der Waals surface area contributed by atoms with Crippen LogP contribution in [0.3, 0.4) is 0 Å². The smallest absolute Gasteiger partial charge is 0.226 e. The molecule has 0 bridgehead atoms. The molecule has 5 nitrogen and oxygen atoms in total. The van der Waals surface area contributed by atoms with Crippen molar-refractivity contribution in [2.45, 2.75) is 65.6 Å². The van der Waals surface area contributed by atoms with Gasteiger partial charge in [-0.3, -0.25) is 0 Å². The van der Waals surface area contributed by atoms with Gasteiger partial charge < -0.3 is 14.2 Å². The fourth-order valence-electron chi connectivity index (χ4n) is 3.03. The minimum Gasteiger partial charge on any atom is -0.361 e. The first-order chi connectivity index (χ1) is 11.8. The van der Waals surface area contributed by atoms with Crippen LogP contribution in [0, 0.1) is 5.92 Å². The first-order valence-electron chi connectivity index (χ1n) is 9.09. The number of hydrogen-bond acceptors (Lipinski definition) is 4. The van der Waals surface area contributed by atoms with Crippen molar-refractivity contribution in [3.63, 3.8) is 0 Å². The number of ether oxygens (including phenoxy) is 1. The molecule has 2 heterocycles. The lowest BCUT2D eigenvalue weighted by Crippen LogP contribution is -2.31. The number of fused-ring (bicyclic) bond motifs is 1. The predicted octanol–water partition coefficient (Wildman–Crippen LogP) is 5.38. The van der Waals surface area contributed by atoms with Crippen LogP contribution in [-0.4, -0.2) is 42.3 Å². The van der Waals surface area contributed by atoms with E-state index in [0.29, 0.717) is 18.1 Å². The highest BCUT2D eigenvalue weighted by Gasteiger charge is 2.32. The SMILES string of the molecule is C.C[C@@H](C1CC1)N(C)c1nc(Cl)nc2c1ccn2COCC[Si](C)(C)C.S. The third-order valence-electron chi connectivity index (χ3n) is 5.05. The summed E-state index contributed by atoms with van der Waals surface area (Å²) >= 11 is 6.22. The molecule has 2 aromatic rings. The van der Waals surface area contributed by atoms with Crippen LogP contribution in [0.1, 0.15) is 27.2 Å². The highest BCUT2D eigenvalue weighted by atomic mass is 35.5. The van der Waals surface area contributed by atoms with Gasteiger partial charge in [0.2, 0.25) is 5.28 Å². The van der Waals surface area contributed by atoms with Crippen LogP contribution in [0.5, 0.6) is 0 Å². The fourth-order valence-corrected chi connectivity index (χ4v) is 3.94. The summed E-state index contributed by atoms with van der Waals surface area (Å²) < 4.78 is 7.90. The largest absolute Gasteiger partial charge is 0.361 e. The molecule has 1 atom stereocenters. The predicted molar refractivity (Wildman–Crippen MR) is 124 cm³/mol. The molecule has 1 aliphatic rings. The quantitative estimate of drug-likeness (QED) is 0.320. The van der Waals surface area contributed by atoms with E-state index in [0.717, 1.165) is 35.4 Å². The lowest BCUT2D eigenvalue weighted by Gasteiger charge is -2.26. The van der Waals surface area contributed by atoms with Crippen LogP contribution in [0.15, 0.2) is 12.3 Å². The summed E-state index contributed by atoms with van der Waals surface area (Å²) in [6.07, 6.45) is 4.63. The van der Waals surface area contributed by atoms with Gasteiger partial charge in [-0.15, -0.1) is 0 Å². The number of nitrogens with zero attached hydrogens (tertiary/aromatic N) is 4. The van der Waals surface area contributed by atoms with Crippen molar-refractivity contribution in [3.8, 4) is 0 Å². The topological polar surface area (TPSA) is 43.2 Å². The molecule has 0 amide bonds. The molecule has 1 fully saturated rings. The zero-order chi connectivity index (χ0) is 18.2. The average Bonchev–Trinajstić information content (AvgIpc) is 3.30. The molecular weight excluding hydrogens is 396 g/mol. The number of rotatable bonds is 8. The minimum atomic E-state index is -1.07. The molecule has 154 valence electrons. The van der Waals surface area contributed by atoms with Crippen LogP contribution in [0.2, 0.25) is 31.0 Å². The van der Waals surface area contributed by atoms with E-state index in [1.165, 1.54) is 12.8 Å². The second-order valence-electron chi connectivity index (χ2n) is 8.38. The number of hydrogen-bond donors (Lipinski definition) is 0. The van der Waals surface area contributed by atoms with E-state index in [1.54, 1.807) is 0 Å². The van der Waals surface area contributed by atoms with Gasteiger partial charge in [-0.2, -0.15) is 23.5 Å². The molecular formula is C19H35ClN4OSSi. The van der Waals surface area contributed by atoms with E-state index >= 15 is 0 Å². The van der Waals surface area contributed by atoms with Crippen LogP contribution in [0.4, 0.5) is 5.82 Å². The maximum Gasteiger partial charge on any atom is 0.226 e. The number of halogens is 1. The molecule has 3 rings (SSSR count). The second-order valence-corrected chi connectivity index (χ2v) is 14.3. The van der Waals surface area contributed by atoms with E-state index < -0.39 is 8.07 Å². The molecule has 0 unspecified atom stereocenters. The van der Waals surface area contributed by atoms with Gasteiger partial charge in [0, 0.05) is 34.0 Å². The normalized spacial score (nSPS) is 15.2. The van der Waals surface area contributed by atoms with Crippen molar-refractivity contribution in [1.82, 2.24) is 14.5 Å². The van der Waals surface area contributed by atoms with Crippen molar-refractivity contribution >= 4 is 50.0 Å². The highest BCUT2D eigenvalue weighted by molar-refractivity contribution is 7.59. The summed E-state index contributed by atoms with van der Waals surface area (Å²) in [5, 5.41) is 1.33. The molecule has 0 radical (unpaired) electrons. The van der Waals surface area contributed by atoms with E-state index in [4.69, 9.17) is 16.3 Å². The standard InChI is InChI=1S/C18H29ClN4OSi.CH4.H2S/c1-13(14-6-7-14)22(2)16-15-8-9-23(17(15)21-18(19)20-16)12-24-10-11-25(3,4)5;;/h8-9,13-14H,6-7,10-12H2,1-5H3;1H4;1H2/t13-;;/m0../s1. The zero-order valence-corrected chi connectivity index (χ0v) is 19.2. The summed E-state index contributed by atoms with van der Waals surface area (Å²) in [4.78, 5) is 11.2. The Hall–Kier alpha value is -0.763. The van der Waals surface area contributed by atoms with E-state index in [2.05, 4.69) is 54.5 Å². The van der Waals surface area contributed by atoms with Crippen LogP contribution < -0.4 is 4.90 Å². The van der Waals surface area contributed by atoms with Crippen molar-refractivity contribution < 1.29 is 4.74 Å². The van der Waals surface area contributed by atoms with Gasteiger partial charge in [-0.1, -0.05) is 27.1 Å². The summed E-state index contributed by atoms with van der Waals surface area (Å²) in [7, 11) is 1.03. The Balaban J connectivity index is 0.00000182. The summed E-state index contributed by atoms with van der Waals surface area (Å²) in [5.41, 5.74) is 0.845. The minimum absolute atomic E-state index is 0. The highest BCUT2D eigenvalue weighted by Crippen LogP contribution is 2.37. The van der Waals surface area contributed by atoms with Crippen molar-refractivity contribution in [2.24, 2.45) is 5.92 Å². The Morgan fingerprint density at radius 1 is 1.33 bits per heavy atom. The molecule has 8 heteroatoms. The summed E-state index contributed by atoms with van der Waals surface area (Å²) in [6.45, 7) is 10.6. The van der Waals surface area contributed by atoms with Crippen LogP contribution >= 0.6 is 25.1 Å². The van der Waals surface area contributed by atoms with Gasteiger partial charge >= 0.3 is 0 Å². The lowest BCUT2D eigenvalue weighted by molar-refractivity contribution is 0.0899. The molecule has 2 aromatic heterocycles. The monoisotopic (exact) mass is 430 g/mol. The van der Waals surface area contributed by atoms with Gasteiger partial charge in [-0.25, -0.2) is 0 Å². The maximum atomic E-state index is 6.22. The van der Waals surface area contributed by atoms with Crippen molar-refractivity contribution in [3.05, 3.63) is 17.5 Å². The van der Waals surface area contributed by atoms with E-state index in [9.17, 15) is 0 Å². The van der Waals surface area contributed by atoms with Gasteiger partial charge in [0.25, 0.3) is 0 Å². The molecule has 0 aliphatic heterocycles. The Morgan fingerprint density at radius 2 is 2.00 bits per heavy atom. The Bertz CT molecular complexity index is 745. The Morgan fingerprint density at radius 3 is 2.59 bits per heavy atom. The summed E-state index contributed by atoms with van der Waals surface area (Å²) in [5.74, 6) is 1.68. The van der Waals surface area contributed by atoms with Gasteiger partial charge in [0.05, 0.1) is 5.39 Å². The van der Waals surface area contributed by atoms with E-state index in [-0.39, 0.29) is 20.9 Å². The third-order valence-corrected chi connectivity index (χ3v) is 6.92. The third kappa shape index (κ3) is 6.11. The van der Waals surface area contributed by atoms with Gasteiger partial charge in [0.1, 0.15) is 18.2 Å². The first kappa shape index (κ1) is 24.3. The number of aromatic nitrogens is 3. The van der Waals surface area contributed by atoms with Crippen LogP contribution in [0.25, 0.3) is 11.0 Å². The molecule has 0 N–H and O–H groups in total. The first-order valence-corrected chi connectivity index (χ1v) is 13.2. The Kier molecular flexibility index (Phi) is 8.66. The lowest BCUT2D eigenvalue weighted by atomic mass is 10.2. The fraction of sp³-hybridized carbons (Fsp3) is 0.684. The Labute approximate surface area is 176 Å².